The van der Waals surface area contributed by atoms with E-state index in [0.717, 1.165) is 16.9 Å². The SMILES string of the molecule is CCNC(COc1ccccc1-c1ccccc1)C(N)=O. The molecule has 0 aliphatic heterocycles. The first-order valence-corrected chi connectivity index (χ1v) is 7.02. The Morgan fingerprint density at radius 2 is 1.81 bits per heavy atom. The van der Waals surface area contributed by atoms with Gasteiger partial charge in [0.2, 0.25) is 5.91 Å². The monoisotopic (exact) mass is 284 g/mol. The molecule has 4 nitrogen and oxygen atoms in total. The summed E-state index contributed by atoms with van der Waals surface area (Å²) in [7, 11) is 0. The summed E-state index contributed by atoms with van der Waals surface area (Å²) in [6.45, 7) is 2.80. The maximum absolute atomic E-state index is 11.3. The molecule has 1 atom stereocenters. The largest absolute Gasteiger partial charge is 0.491 e. The Morgan fingerprint density at radius 1 is 1.14 bits per heavy atom. The van der Waals surface area contributed by atoms with Crippen molar-refractivity contribution < 1.29 is 9.53 Å². The van der Waals surface area contributed by atoms with Gasteiger partial charge in [0.15, 0.2) is 0 Å². The predicted molar refractivity (Wildman–Crippen MR) is 84.0 cm³/mol. The normalized spacial score (nSPS) is 11.9. The lowest BCUT2D eigenvalue weighted by molar-refractivity contribution is -0.120. The third-order valence-electron chi connectivity index (χ3n) is 3.17. The lowest BCUT2D eigenvalue weighted by Crippen LogP contribution is -2.45. The molecular weight excluding hydrogens is 264 g/mol. The van der Waals surface area contributed by atoms with Crippen LogP contribution >= 0.6 is 0 Å². The van der Waals surface area contributed by atoms with E-state index in [0.29, 0.717) is 6.54 Å². The Morgan fingerprint density at radius 3 is 2.48 bits per heavy atom. The van der Waals surface area contributed by atoms with Crippen LogP contribution in [0.25, 0.3) is 11.1 Å². The second kappa shape index (κ2) is 7.45. The molecular formula is C17H20N2O2. The van der Waals surface area contributed by atoms with Crippen molar-refractivity contribution in [2.75, 3.05) is 13.2 Å². The Labute approximate surface area is 124 Å². The van der Waals surface area contributed by atoms with Crippen LogP contribution in [0.3, 0.4) is 0 Å². The Hall–Kier alpha value is -2.33. The number of nitrogens with two attached hydrogens (primary N) is 1. The molecule has 4 heteroatoms. The molecule has 0 radical (unpaired) electrons. The summed E-state index contributed by atoms with van der Waals surface area (Å²) in [5.41, 5.74) is 7.43. The summed E-state index contributed by atoms with van der Waals surface area (Å²) in [6.07, 6.45) is 0. The minimum absolute atomic E-state index is 0.215. The molecule has 21 heavy (non-hydrogen) atoms. The molecule has 2 aromatic carbocycles. The molecule has 3 N–H and O–H groups in total. The van der Waals surface area contributed by atoms with E-state index in [1.54, 1.807) is 0 Å². The van der Waals surface area contributed by atoms with E-state index in [1.807, 2.05) is 61.5 Å². The lowest BCUT2D eigenvalue weighted by Gasteiger charge is -2.17. The van der Waals surface area contributed by atoms with E-state index in [-0.39, 0.29) is 6.61 Å². The van der Waals surface area contributed by atoms with Gasteiger partial charge < -0.3 is 15.8 Å². The van der Waals surface area contributed by atoms with Crippen LogP contribution in [0.15, 0.2) is 54.6 Å². The van der Waals surface area contributed by atoms with Crippen LogP contribution in [-0.2, 0) is 4.79 Å². The Balaban J connectivity index is 2.16. The van der Waals surface area contributed by atoms with Crippen molar-refractivity contribution in [2.24, 2.45) is 5.73 Å². The first kappa shape index (κ1) is 15.1. The topological polar surface area (TPSA) is 64.3 Å². The molecule has 0 fully saturated rings. The van der Waals surface area contributed by atoms with Crippen LogP contribution in [-0.4, -0.2) is 25.1 Å². The number of primary amides is 1. The number of rotatable bonds is 7. The van der Waals surface area contributed by atoms with Crippen LogP contribution in [0.1, 0.15) is 6.92 Å². The predicted octanol–water partition coefficient (Wildman–Crippen LogP) is 2.20. The van der Waals surface area contributed by atoms with Gasteiger partial charge in [0, 0.05) is 5.56 Å². The Bertz CT molecular complexity index is 584. The van der Waals surface area contributed by atoms with Crippen molar-refractivity contribution in [1.82, 2.24) is 5.32 Å². The summed E-state index contributed by atoms with van der Waals surface area (Å²) >= 11 is 0. The van der Waals surface area contributed by atoms with Gasteiger partial charge in [-0.3, -0.25) is 4.79 Å². The first-order chi connectivity index (χ1) is 10.2. The van der Waals surface area contributed by atoms with Gasteiger partial charge in [-0.25, -0.2) is 0 Å². The number of amides is 1. The van der Waals surface area contributed by atoms with Gasteiger partial charge in [-0.2, -0.15) is 0 Å². The number of likely N-dealkylation sites (N-methyl/N-ethyl adjacent to an activating group) is 1. The Kier molecular flexibility index (Phi) is 5.35. The zero-order valence-corrected chi connectivity index (χ0v) is 12.1. The van der Waals surface area contributed by atoms with Crippen molar-refractivity contribution >= 4 is 5.91 Å². The van der Waals surface area contributed by atoms with Gasteiger partial charge >= 0.3 is 0 Å². The fraction of sp³-hybridized carbons (Fsp3) is 0.235. The minimum atomic E-state index is -0.487. The number of hydrogen-bond acceptors (Lipinski definition) is 3. The molecule has 110 valence electrons. The molecule has 0 aliphatic carbocycles. The van der Waals surface area contributed by atoms with E-state index in [1.165, 1.54) is 0 Å². The van der Waals surface area contributed by atoms with Gasteiger partial charge in [0.1, 0.15) is 18.4 Å². The van der Waals surface area contributed by atoms with Crippen LogP contribution in [0, 0.1) is 0 Å². The first-order valence-electron chi connectivity index (χ1n) is 7.02. The number of hydrogen-bond donors (Lipinski definition) is 2. The van der Waals surface area contributed by atoms with Gasteiger partial charge in [0.25, 0.3) is 0 Å². The average Bonchev–Trinajstić information content (AvgIpc) is 2.52. The highest BCUT2D eigenvalue weighted by Crippen LogP contribution is 2.29. The van der Waals surface area contributed by atoms with E-state index >= 15 is 0 Å². The molecule has 0 aromatic heterocycles. The third kappa shape index (κ3) is 4.07. The van der Waals surface area contributed by atoms with Gasteiger partial charge in [-0.15, -0.1) is 0 Å². The molecule has 1 unspecified atom stereocenters. The number of ether oxygens (including phenoxy) is 1. The fourth-order valence-electron chi connectivity index (χ4n) is 2.11. The minimum Gasteiger partial charge on any atom is -0.491 e. The molecule has 0 heterocycles. The van der Waals surface area contributed by atoms with Crippen LogP contribution < -0.4 is 15.8 Å². The van der Waals surface area contributed by atoms with Crippen molar-refractivity contribution in [1.29, 1.82) is 0 Å². The zero-order chi connectivity index (χ0) is 15.1. The second-order valence-electron chi connectivity index (χ2n) is 4.69. The average molecular weight is 284 g/mol. The summed E-state index contributed by atoms with van der Waals surface area (Å²) in [4.78, 5) is 11.3. The van der Waals surface area contributed by atoms with Crippen molar-refractivity contribution in [3.05, 3.63) is 54.6 Å². The van der Waals surface area contributed by atoms with E-state index in [4.69, 9.17) is 10.5 Å². The standard InChI is InChI=1S/C17H20N2O2/c1-2-19-15(17(18)20)12-21-16-11-7-6-10-14(16)13-8-4-3-5-9-13/h3-11,15,19H,2,12H2,1H3,(H2,18,20). The summed E-state index contributed by atoms with van der Waals surface area (Å²) in [5.74, 6) is 0.335. The quantitative estimate of drug-likeness (QED) is 0.819. The highest BCUT2D eigenvalue weighted by atomic mass is 16.5. The number of benzene rings is 2. The maximum Gasteiger partial charge on any atom is 0.238 e. The van der Waals surface area contributed by atoms with Crippen LogP contribution in [0.4, 0.5) is 0 Å². The smallest absolute Gasteiger partial charge is 0.238 e. The molecule has 0 aliphatic rings. The third-order valence-corrected chi connectivity index (χ3v) is 3.17. The summed E-state index contributed by atoms with van der Waals surface area (Å²) < 4.78 is 5.80. The van der Waals surface area contributed by atoms with Gasteiger partial charge in [-0.1, -0.05) is 55.5 Å². The molecule has 2 aromatic rings. The zero-order valence-electron chi connectivity index (χ0n) is 12.1. The van der Waals surface area contributed by atoms with E-state index < -0.39 is 11.9 Å². The van der Waals surface area contributed by atoms with Crippen molar-refractivity contribution in [3.8, 4) is 16.9 Å². The molecule has 1 amide bonds. The maximum atomic E-state index is 11.3. The van der Waals surface area contributed by atoms with Crippen molar-refractivity contribution in [2.45, 2.75) is 13.0 Å². The fourth-order valence-corrected chi connectivity index (χ4v) is 2.11. The number of para-hydroxylation sites is 1. The highest BCUT2D eigenvalue weighted by Gasteiger charge is 2.15. The number of carbonyl (C=O) groups is 1. The second-order valence-corrected chi connectivity index (χ2v) is 4.69. The van der Waals surface area contributed by atoms with E-state index in [9.17, 15) is 4.79 Å². The summed E-state index contributed by atoms with van der Waals surface area (Å²) in [5, 5.41) is 3.01. The lowest BCUT2D eigenvalue weighted by atomic mass is 10.1. The molecule has 0 bridgehead atoms. The van der Waals surface area contributed by atoms with Crippen molar-refractivity contribution in [3.63, 3.8) is 0 Å². The number of nitrogens with one attached hydrogen (secondary N) is 1. The molecule has 0 spiro atoms. The van der Waals surface area contributed by atoms with E-state index in [2.05, 4.69) is 5.32 Å². The van der Waals surface area contributed by atoms with Gasteiger partial charge in [-0.05, 0) is 18.2 Å². The molecule has 0 saturated carbocycles. The highest BCUT2D eigenvalue weighted by molar-refractivity contribution is 5.80. The van der Waals surface area contributed by atoms with Gasteiger partial charge in [0.05, 0.1) is 0 Å². The van der Waals surface area contributed by atoms with Crippen LogP contribution in [0.2, 0.25) is 0 Å². The summed E-state index contributed by atoms with van der Waals surface area (Å²) in [6, 6.07) is 17.3. The number of carbonyl (C=O) groups excluding carboxylic acids is 1. The molecule has 0 saturated heterocycles. The van der Waals surface area contributed by atoms with Crippen LogP contribution in [0.5, 0.6) is 5.75 Å². The molecule has 2 rings (SSSR count).